The molecule has 0 aliphatic heterocycles. The van der Waals surface area contributed by atoms with Crippen LogP contribution in [0.1, 0.15) is 19.4 Å². The Kier molecular flexibility index (Phi) is 5.39. The largest absolute Gasteiger partial charge is 0.457 e. The summed E-state index contributed by atoms with van der Waals surface area (Å²) in [6.07, 6.45) is 2.07. The van der Waals surface area contributed by atoms with Crippen molar-refractivity contribution in [3.63, 3.8) is 0 Å². The van der Waals surface area contributed by atoms with Gasteiger partial charge in [-0.1, -0.05) is 42.0 Å². The number of ether oxygens (including phenoxy) is 2. The van der Waals surface area contributed by atoms with Crippen molar-refractivity contribution in [3.8, 4) is 11.5 Å². The average molecular weight is 268 g/mol. The van der Waals surface area contributed by atoms with Crippen molar-refractivity contribution in [1.29, 1.82) is 0 Å². The SMILES string of the molecule is CC(C)=CCOCc1cccc(Oc2ccccc2)c1. The normalized spacial score (nSPS) is 10.1. The molecule has 2 aromatic carbocycles. The van der Waals surface area contributed by atoms with Crippen LogP contribution >= 0.6 is 0 Å². The molecule has 2 aromatic rings. The predicted octanol–water partition coefficient (Wildman–Crippen LogP) is 4.96. The molecule has 0 spiro atoms. The molecule has 104 valence electrons. The van der Waals surface area contributed by atoms with Gasteiger partial charge in [-0.3, -0.25) is 0 Å². The third kappa shape index (κ3) is 4.90. The summed E-state index contributed by atoms with van der Waals surface area (Å²) in [4.78, 5) is 0. The van der Waals surface area contributed by atoms with Crippen molar-refractivity contribution in [2.24, 2.45) is 0 Å². The molecular formula is C18H20O2. The molecule has 20 heavy (non-hydrogen) atoms. The zero-order valence-corrected chi connectivity index (χ0v) is 12.0. The van der Waals surface area contributed by atoms with Crippen LogP contribution in [0.15, 0.2) is 66.2 Å². The summed E-state index contributed by atoms with van der Waals surface area (Å²) in [6, 6.07) is 17.8. The van der Waals surface area contributed by atoms with E-state index in [9.17, 15) is 0 Å². The van der Waals surface area contributed by atoms with Gasteiger partial charge in [-0.2, -0.15) is 0 Å². The smallest absolute Gasteiger partial charge is 0.127 e. The van der Waals surface area contributed by atoms with Gasteiger partial charge in [0.05, 0.1) is 13.2 Å². The van der Waals surface area contributed by atoms with Gasteiger partial charge in [0.15, 0.2) is 0 Å². The van der Waals surface area contributed by atoms with Gasteiger partial charge in [0.25, 0.3) is 0 Å². The number of hydrogen-bond donors (Lipinski definition) is 0. The van der Waals surface area contributed by atoms with Crippen LogP contribution in [0.25, 0.3) is 0 Å². The monoisotopic (exact) mass is 268 g/mol. The Bertz CT molecular complexity index is 555. The average Bonchev–Trinajstić information content (AvgIpc) is 2.45. The van der Waals surface area contributed by atoms with Crippen LogP contribution in [-0.2, 0) is 11.3 Å². The minimum absolute atomic E-state index is 0.593. The van der Waals surface area contributed by atoms with E-state index in [1.54, 1.807) is 0 Å². The summed E-state index contributed by atoms with van der Waals surface area (Å²) < 4.78 is 11.4. The molecule has 0 N–H and O–H groups in total. The highest BCUT2D eigenvalue weighted by Crippen LogP contribution is 2.22. The fourth-order valence-corrected chi connectivity index (χ4v) is 1.73. The van der Waals surface area contributed by atoms with Crippen LogP contribution in [0.5, 0.6) is 11.5 Å². The van der Waals surface area contributed by atoms with Crippen LogP contribution in [0.4, 0.5) is 0 Å². The summed E-state index contributed by atoms with van der Waals surface area (Å²) in [7, 11) is 0. The molecule has 0 heterocycles. The van der Waals surface area contributed by atoms with Gasteiger partial charge in [0.2, 0.25) is 0 Å². The highest BCUT2D eigenvalue weighted by molar-refractivity contribution is 5.33. The molecule has 0 bridgehead atoms. The molecule has 0 aromatic heterocycles. The van der Waals surface area contributed by atoms with Crippen LogP contribution in [0.2, 0.25) is 0 Å². The zero-order chi connectivity index (χ0) is 14.2. The Hall–Kier alpha value is -2.06. The Morgan fingerprint density at radius 3 is 2.45 bits per heavy atom. The molecule has 0 amide bonds. The van der Waals surface area contributed by atoms with Crippen molar-refractivity contribution in [2.45, 2.75) is 20.5 Å². The second-order valence-electron chi connectivity index (χ2n) is 4.86. The Balaban J connectivity index is 1.92. The van der Waals surface area contributed by atoms with E-state index < -0.39 is 0 Å². The number of hydrogen-bond acceptors (Lipinski definition) is 2. The maximum Gasteiger partial charge on any atom is 0.127 e. The molecule has 2 nitrogen and oxygen atoms in total. The number of rotatable bonds is 6. The summed E-state index contributed by atoms with van der Waals surface area (Å²) >= 11 is 0. The number of allylic oxidation sites excluding steroid dienone is 1. The second kappa shape index (κ2) is 7.51. The molecular weight excluding hydrogens is 248 g/mol. The third-order valence-electron chi connectivity index (χ3n) is 2.76. The predicted molar refractivity (Wildman–Crippen MR) is 82.0 cm³/mol. The molecule has 0 atom stereocenters. The highest BCUT2D eigenvalue weighted by Gasteiger charge is 1.99. The highest BCUT2D eigenvalue weighted by atomic mass is 16.5. The van der Waals surface area contributed by atoms with E-state index in [1.165, 1.54) is 5.57 Å². The van der Waals surface area contributed by atoms with Gasteiger partial charge < -0.3 is 9.47 Å². The Morgan fingerprint density at radius 2 is 1.70 bits per heavy atom. The lowest BCUT2D eigenvalue weighted by Crippen LogP contribution is -1.94. The van der Waals surface area contributed by atoms with Gasteiger partial charge in [0, 0.05) is 0 Å². The first kappa shape index (κ1) is 14.4. The van der Waals surface area contributed by atoms with E-state index in [2.05, 4.69) is 19.9 Å². The van der Waals surface area contributed by atoms with E-state index in [4.69, 9.17) is 9.47 Å². The molecule has 0 saturated carbocycles. The first-order chi connectivity index (χ1) is 9.74. The van der Waals surface area contributed by atoms with Crippen LogP contribution in [0, 0.1) is 0 Å². The Morgan fingerprint density at radius 1 is 0.950 bits per heavy atom. The van der Waals surface area contributed by atoms with Crippen LogP contribution in [-0.4, -0.2) is 6.61 Å². The van der Waals surface area contributed by atoms with Gasteiger partial charge in [0.1, 0.15) is 11.5 Å². The van der Waals surface area contributed by atoms with Crippen molar-refractivity contribution in [2.75, 3.05) is 6.61 Å². The maximum atomic E-state index is 5.80. The van der Waals surface area contributed by atoms with E-state index in [0.29, 0.717) is 13.2 Å². The van der Waals surface area contributed by atoms with Crippen molar-refractivity contribution >= 4 is 0 Å². The molecule has 0 saturated heterocycles. The minimum Gasteiger partial charge on any atom is -0.457 e. The Labute approximate surface area is 120 Å². The molecule has 0 aliphatic carbocycles. The van der Waals surface area contributed by atoms with Crippen LogP contribution < -0.4 is 4.74 Å². The standard InChI is InChI=1S/C18H20O2/c1-15(2)11-12-19-14-16-7-6-10-18(13-16)20-17-8-4-3-5-9-17/h3-11,13H,12,14H2,1-2H3. The van der Waals surface area contributed by atoms with Crippen molar-refractivity contribution in [3.05, 3.63) is 71.8 Å². The topological polar surface area (TPSA) is 18.5 Å². The second-order valence-corrected chi connectivity index (χ2v) is 4.86. The lowest BCUT2D eigenvalue weighted by Gasteiger charge is -2.07. The van der Waals surface area contributed by atoms with Gasteiger partial charge in [-0.15, -0.1) is 0 Å². The van der Waals surface area contributed by atoms with Gasteiger partial charge in [-0.05, 0) is 43.7 Å². The first-order valence-electron chi connectivity index (χ1n) is 6.77. The zero-order valence-electron chi connectivity index (χ0n) is 12.0. The van der Waals surface area contributed by atoms with E-state index in [1.807, 2.05) is 54.6 Å². The molecule has 2 heteroatoms. The molecule has 0 aliphatic rings. The third-order valence-corrected chi connectivity index (χ3v) is 2.76. The molecule has 0 radical (unpaired) electrons. The maximum absolute atomic E-state index is 5.80. The van der Waals surface area contributed by atoms with E-state index >= 15 is 0 Å². The summed E-state index contributed by atoms with van der Waals surface area (Å²) in [5, 5.41) is 0. The lowest BCUT2D eigenvalue weighted by molar-refractivity contribution is 0.148. The summed E-state index contributed by atoms with van der Waals surface area (Å²) in [6.45, 7) is 5.37. The number of benzene rings is 2. The molecule has 0 fully saturated rings. The number of para-hydroxylation sites is 1. The van der Waals surface area contributed by atoms with E-state index in [0.717, 1.165) is 17.1 Å². The van der Waals surface area contributed by atoms with E-state index in [-0.39, 0.29) is 0 Å². The fraction of sp³-hybridized carbons (Fsp3) is 0.222. The molecule has 0 unspecified atom stereocenters. The summed E-state index contributed by atoms with van der Waals surface area (Å²) in [5.74, 6) is 1.68. The van der Waals surface area contributed by atoms with Gasteiger partial charge >= 0.3 is 0 Å². The quantitative estimate of drug-likeness (QED) is 0.544. The lowest BCUT2D eigenvalue weighted by atomic mass is 10.2. The van der Waals surface area contributed by atoms with Crippen molar-refractivity contribution in [1.82, 2.24) is 0 Å². The fourth-order valence-electron chi connectivity index (χ4n) is 1.73. The van der Waals surface area contributed by atoms with Gasteiger partial charge in [-0.25, -0.2) is 0 Å². The minimum atomic E-state index is 0.593. The van der Waals surface area contributed by atoms with Crippen LogP contribution in [0.3, 0.4) is 0 Å². The first-order valence-corrected chi connectivity index (χ1v) is 6.77. The molecule has 2 rings (SSSR count). The van der Waals surface area contributed by atoms with Crippen molar-refractivity contribution < 1.29 is 9.47 Å². The summed E-state index contributed by atoms with van der Waals surface area (Å²) in [5.41, 5.74) is 2.38.